The first-order chi connectivity index (χ1) is 10.3. The molecule has 22 heavy (non-hydrogen) atoms. The van der Waals surface area contributed by atoms with Gasteiger partial charge in [0, 0.05) is 31.1 Å². The number of imidazole rings is 1. The number of carbonyl (C=O) groups excluding carboxylic acids is 1. The summed E-state index contributed by atoms with van der Waals surface area (Å²) in [5.74, 6) is 0.0605. The van der Waals surface area contributed by atoms with E-state index in [1.807, 2.05) is 31.5 Å². The second-order valence-corrected chi connectivity index (χ2v) is 6.42. The van der Waals surface area contributed by atoms with Crippen molar-refractivity contribution in [3.05, 3.63) is 52.6 Å². The summed E-state index contributed by atoms with van der Waals surface area (Å²) in [6.07, 6.45) is 5.25. The molecule has 0 bridgehead atoms. The molecule has 1 amide bonds. The largest absolute Gasteiger partial charge is 0.456 e. The van der Waals surface area contributed by atoms with Gasteiger partial charge in [0.25, 0.3) is 5.91 Å². The van der Waals surface area contributed by atoms with E-state index in [4.69, 9.17) is 4.42 Å². The highest BCUT2D eigenvalue weighted by atomic mass is 16.3. The summed E-state index contributed by atoms with van der Waals surface area (Å²) < 4.78 is 7.24. The Labute approximate surface area is 129 Å². The summed E-state index contributed by atoms with van der Waals surface area (Å²) >= 11 is 0. The Morgan fingerprint density at radius 2 is 2.14 bits per heavy atom. The first kappa shape index (κ1) is 16.0. The van der Waals surface area contributed by atoms with Crippen LogP contribution in [0.5, 0.6) is 0 Å². The van der Waals surface area contributed by atoms with Gasteiger partial charge in [0.05, 0.1) is 12.4 Å². The average molecular weight is 303 g/mol. The van der Waals surface area contributed by atoms with Gasteiger partial charge in [-0.1, -0.05) is 20.8 Å². The Balaban J connectivity index is 2.19. The number of hydrogen-bond donors (Lipinski definition) is 1. The average Bonchev–Trinajstić information content (AvgIpc) is 2.88. The molecule has 2 aromatic rings. The second-order valence-electron chi connectivity index (χ2n) is 6.42. The van der Waals surface area contributed by atoms with Crippen LogP contribution >= 0.6 is 0 Å². The van der Waals surface area contributed by atoms with E-state index in [0.29, 0.717) is 12.3 Å². The maximum absolute atomic E-state index is 12.4. The monoisotopic (exact) mass is 303 g/mol. The normalized spacial score (nSPS) is 12.9. The molecule has 1 unspecified atom stereocenters. The number of hydrogen-bond acceptors (Lipinski definition) is 4. The number of aryl methyl sites for hydroxylation is 1. The minimum Gasteiger partial charge on any atom is -0.456 e. The van der Waals surface area contributed by atoms with Crippen LogP contribution in [0.15, 0.2) is 40.1 Å². The molecule has 0 spiro atoms. The summed E-state index contributed by atoms with van der Waals surface area (Å²) in [5.41, 5.74) is -0.403. The number of aromatic nitrogens is 2. The van der Waals surface area contributed by atoms with Gasteiger partial charge in [0.1, 0.15) is 5.76 Å². The maximum Gasteiger partial charge on any atom is 0.287 e. The highest BCUT2D eigenvalue weighted by Crippen LogP contribution is 2.21. The Hall–Kier alpha value is -2.37. The topological polar surface area (TPSA) is 77.1 Å². The molecule has 0 saturated carbocycles. The van der Waals surface area contributed by atoms with Crippen molar-refractivity contribution in [2.45, 2.75) is 40.3 Å². The Kier molecular flexibility index (Phi) is 4.49. The quantitative estimate of drug-likeness (QED) is 0.937. The Bertz CT molecular complexity index is 696. The summed E-state index contributed by atoms with van der Waals surface area (Å²) in [6, 6.07) is 2.42. The number of carbonyl (C=O) groups is 1. The highest BCUT2D eigenvalue weighted by molar-refractivity contribution is 5.91. The third-order valence-electron chi connectivity index (χ3n) is 3.42. The molecule has 2 aromatic heterocycles. The molecular weight excluding hydrogens is 282 g/mol. The Morgan fingerprint density at radius 1 is 1.41 bits per heavy atom. The van der Waals surface area contributed by atoms with Crippen LogP contribution in [0.3, 0.4) is 0 Å². The summed E-state index contributed by atoms with van der Waals surface area (Å²) in [7, 11) is 0. The van der Waals surface area contributed by atoms with E-state index in [0.717, 1.165) is 0 Å². The molecule has 2 rings (SSSR count). The van der Waals surface area contributed by atoms with Gasteiger partial charge in [-0.05, 0) is 12.3 Å². The van der Waals surface area contributed by atoms with Gasteiger partial charge in [0.15, 0.2) is 11.2 Å². The fraction of sp³-hybridized carbons (Fsp3) is 0.438. The van der Waals surface area contributed by atoms with E-state index in [2.05, 4.69) is 10.3 Å². The molecule has 0 aliphatic rings. The van der Waals surface area contributed by atoms with Crippen molar-refractivity contribution < 1.29 is 9.21 Å². The van der Waals surface area contributed by atoms with Gasteiger partial charge in [-0.15, -0.1) is 0 Å². The van der Waals surface area contributed by atoms with Crippen LogP contribution in [0.25, 0.3) is 0 Å². The summed E-state index contributed by atoms with van der Waals surface area (Å²) in [6.45, 7) is 8.36. The molecule has 1 N–H and O–H groups in total. The zero-order valence-corrected chi connectivity index (χ0v) is 13.3. The lowest BCUT2D eigenvalue weighted by molar-refractivity contribution is 0.0860. The minimum absolute atomic E-state index is 0.0323. The van der Waals surface area contributed by atoms with Crippen LogP contribution in [0, 0.1) is 12.3 Å². The van der Waals surface area contributed by atoms with Crippen molar-refractivity contribution in [1.29, 1.82) is 0 Å². The molecule has 0 aromatic carbocycles. The van der Waals surface area contributed by atoms with Gasteiger partial charge in [-0.25, -0.2) is 4.98 Å². The van der Waals surface area contributed by atoms with Crippen molar-refractivity contribution in [1.82, 2.24) is 14.9 Å². The SMILES string of the molecule is Cc1cc(=O)cc(C(=O)NC(Cn2ccnc2)C(C)(C)C)o1. The molecular formula is C16H21N3O3. The molecule has 0 saturated heterocycles. The number of nitrogens with one attached hydrogen (secondary N) is 1. The number of nitrogens with zero attached hydrogens (tertiary/aromatic N) is 2. The first-order valence-electron chi connectivity index (χ1n) is 7.14. The minimum atomic E-state index is -0.388. The number of rotatable bonds is 4. The molecule has 118 valence electrons. The van der Waals surface area contributed by atoms with Crippen molar-refractivity contribution in [2.75, 3.05) is 0 Å². The maximum atomic E-state index is 12.4. The van der Waals surface area contributed by atoms with Crippen molar-refractivity contribution in [3.63, 3.8) is 0 Å². The first-order valence-corrected chi connectivity index (χ1v) is 7.14. The van der Waals surface area contributed by atoms with Gasteiger partial charge < -0.3 is 14.3 Å². The standard InChI is InChI=1S/C16H21N3O3/c1-11-7-12(20)8-13(22-11)15(21)18-14(16(2,3)4)9-19-6-5-17-10-19/h5-8,10,14H,9H2,1-4H3,(H,18,21). The zero-order valence-electron chi connectivity index (χ0n) is 13.3. The van der Waals surface area contributed by atoms with Crippen LogP contribution in [-0.4, -0.2) is 21.5 Å². The van der Waals surface area contributed by atoms with E-state index in [1.165, 1.54) is 12.1 Å². The second kappa shape index (κ2) is 6.17. The molecule has 0 aliphatic carbocycles. The van der Waals surface area contributed by atoms with E-state index < -0.39 is 0 Å². The highest BCUT2D eigenvalue weighted by Gasteiger charge is 2.27. The molecule has 2 heterocycles. The zero-order chi connectivity index (χ0) is 16.3. The molecule has 1 atom stereocenters. The Morgan fingerprint density at radius 3 is 2.68 bits per heavy atom. The van der Waals surface area contributed by atoms with Crippen LogP contribution in [0.4, 0.5) is 0 Å². The van der Waals surface area contributed by atoms with Crippen LogP contribution < -0.4 is 10.7 Å². The summed E-state index contributed by atoms with van der Waals surface area (Å²) in [4.78, 5) is 27.9. The van der Waals surface area contributed by atoms with Crippen molar-refractivity contribution in [3.8, 4) is 0 Å². The summed E-state index contributed by atoms with van der Waals surface area (Å²) in [5, 5.41) is 2.95. The van der Waals surface area contributed by atoms with Gasteiger partial charge in [0.2, 0.25) is 0 Å². The molecule has 0 radical (unpaired) electrons. The molecule has 0 aliphatic heterocycles. The van der Waals surface area contributed by atoms with Crippen molar-refractivity contribution in [2.24, 2.45) is 5.41 Å². The van der Waals surface area contributed by atoms with E-state index in [9.17, 15) is 9.59 Å². The van der Waals surface area contributed by atoms with E-state index in [-0.39, 0.29) is 28.6 Å². The van der Waals surface area contributed by atoms with Gasteiger partial charge in [-0.3, -0.25) is 9.59 Å². The number of amides is 1. The van der Waals surface area contributed by atoms with E-state index >= 15 is 0 Å². The fourth-order valence-corrected chi connectivity index (χ4v) is 2.09. The third kappa shape index (κ3) is 4.07. The van der Waals surface area contributed by atoms with Crippen LogP contribution in [-0.2, 0) is 6.54 Å². The van der Waals surface area contributed by atoms with E-state index in [1.54, 1.807) is 19.4 Å². The predicted octanol–water partition coefficient (Wildman–Crippen LogP) is 1.99. The van der Waals surface area contributed by atoms with Gasteiger partial charge >= 0.3 is 0 Å². The lowest BCUT2D eigenvalue weighted by Crippen LogP contribution is -2.46. The lowest BCUT2D eigenvalue weighted by Gasteiger charge is -2.31. The fourth-order valence-electron chi connectivity index (χ4n) is 2.09. The molecule has 0 fully saturated rings. The van der Waals surface area contributed by atoms with Crippen LogP contribution in [0.1, 0.15) is 37.1 Å². The lowest BCUT2D eigenvalue weighted by atomic mass is 9.86. The van der Waals surface area contributed by atoms with Crippen molar-refractivity contribution >= 4 is 5.91 Å². The van der Waals surface area contributed by atoms with Crippen LogP contribution in [0.2, 0.25) is 0 Å². The third-order valence-corrected chi connectivity index (χ3v) is 3.42. The van der Waals surface area contributed by atoms with Gasteiger partial charge in [-0.2, -0.15) is 0 Å². The smallest absolute Gasteiger partial charge is 0.287 e. The molecule has 6 heteroatoms. The predicted molar refractivity (Wildman–Crippen MR) is 82.7 cm³/mol. The molecule has 6 nitrogen and oxygen atoms in total.